The number of thioether (sulfide) groups is 1. The van der Waals surface area contributed by atoms with E-state index in [4.69, 9.17) is 16.3 Å². The lowest BCUT2D eigenvalue weighted by Gasteiger charge is -2.10. The van der Waals surface area contributed by atoms with Gasteiger partial charge in [-0.05, 0) is 36.4 Å². The largest absolute Gasteiger partial charge is 0.465 e. The zero-order valence-electron chi connectivity index (χ0n) is 12.4. The molecule has 1 aliphatic heterocycles. The predicted octanol–water partition coefficient (Wildman–Crippen LogP) is 2.85. The van der Waals surface area contributed by atoms with Crippen molar-refractivity contribution in [3.8, 4) is 0 Å². The van der Waals surface area contributed by atoms with Gasteiger partial charge in [0.25, 0.3) is 16.8 Å². The highest BCUT2D eigenvalue weighted by atomic mass is 35.5. The Morgan fingerprint density at radius 2 is 2.17 bits per heavy atom. The van der Waals surface area contributed by atoms with E-state index >= 15 is 0 Å². The summed E-state index contributed by atoms with van der Waals surface area (Å²) in [7, 11) is 0. The summed E-state index contributed by atoms with van der Waals surface area (Å²) >= 11 is 6.36. The fourth-order valence-corrected chi connectivity index (χ4v) is 2.91. The van der Waals surface area contributed by atoms with Crippen LogP contribution in [0.3, 0.4) is 0 Å². The molecule has 2 rings (SSSR count). The number of hydrogen-bond donors (Lipinski definition) is 0. The first-order chi connectivity index (χ1) is 11.3. The summed E-state index contributed by atoms with van der Waals surface area (Å²) < 4.78 is 4.71. The maximum Gasteiger partial charge on any atom is 0.326 e. The molecule has 0 saturated carbocycles. The van der Waals surface area contributed by atoms with Gasteiger partial charge in [0.05, 0.1) is 16.4 Å². The molecular formula is C14H11ClN2O6S. The van der Waals surface area contributed by atoms with E-state index in [1.165, 1.54) is 24.3 Å². The van der Waals surface area contributed by atoms with E-state index in [0.717, 1.165) is 4.90 Å². The van der Waals surface area contributed by atoms with Gasteiger partial charge in [-0.1, -0.05) is 17.7 Å². The Kier molecular flexibility index (Phi) is 5.58. The summed E-state index contributed by atoms with van der Waals surface area (Å²) in [4.78, 5) is 46.5. The van der Waals surface area contributed by atoms with E-state index in [9.17, 15) is 24.5 Å². The van der Waals surface area contributed by atoms with Crippen molar-refractivity contribution in [3.05, 3.63) is 43.8 Å². The number of rotatable bonds is 5. The lowest BCUT2D eigenvalue weighted by atomic mass is 10.2. The summed E-state index contributed by atoms with van der Waals surface area (Å²) in [6, 6.07) is 4.00. The molecule has 126 valence electrons. The molecule has 0 radical (unpaired) electrons. The molecule has 10 heteroatoms. The van der Waals surface area contributed by atoms with E-state index in [2.05, 4.69) is 0 Å². The number of halogens is 1. The van der Waals surface area contributed by atoms with Crippen molar-refractivity contribution in [2.45, 2.75) is 6.92 Å². The van der Waals surface area contributed by atoms with Gasteiger partial charge >= 0.3 is 5.97 Å². The van der Waals surface area contributed by atoms with Gasteiger partial charge in [-0.15, -0.1) is 0 Å². The Labute approximate surface area is 145 Å². The first-order valence-electron chi connectivity index (χ1n) is 6.68. The van der Waals surface area contributed by atoms with Crippen LogP contribution in [-0.4, -0.2) is 40.1 Å². The Hall–Kier alpha value is -2.39. The lowest BCUT2D eigenvalue weighted by Crippen LogP contribution is -2.34. The monoisotopic (exact) mass is 370 g/mol. The fraction of sp³-hybridized carbons (Fsp3) is 0.214. The van der Waals surface area contributed by atoms with Crippen molar-refractivity contribution in [2.24, 2.45) is 0 Å². The highest BCUT2D eigenvalue weighted by Gasteiger charge is 2.36. The summed E-state index contributed by atoms with van der Waals surface area (Å²) in [6.07, 6.45) is 1.33. The molecule has 0 unspecified atom stereocenters. The first kappa shape index (κ1) is 18.0. The van der Waals surface area contributed by atoms with Gasteiger partial charge in [-0.3, -0.25) is 29.4 Å². The van der Waals surface area contributed by atoms with Gasteiger partial charge in [-0.25, -0.2) is 0 Å². The van der Waals surface area contributed by atoms with Crippen LogP contribution < -0.4 is 0 Å². The second kappa shape index (κ2) is 7.45. The third-order valence-corrected chi connectivity index (χ3v) is 4.16. The van der Waals surface area contributed by atoms with Crippen molar-refractivity contribution >= 4 is 52.2 Å². The third kappa shape index (κ3) is 3.92. The quantitative estimate of drug-likeness (QED) is 0.339. The minimum absolute atomic E-state index is 0.0347. The van der Waals surface area contributed by atoms with Gasteiger partial charge in [0.1, 0.15) is 11.6 Å². The molecule has 1 saturated heterocycles. The normalized spacial score (nSPS) is 15.9. The van der Waals surface area contributed by atoms with Crippen LogP contribution in [0.5, 0.6) is 0 Å². The van der Waals surface area contributed by atoms with Crippen molar-refractivity contribution in [2.75, 3.05) is 13.2 Å². The molecule has 0 spiro atoms. The Bertz CT molecular complexity index is 764. The molecule has 0 bridgehead atoms. The molecule has 8 nitrogen and oxygen atoms in total. The predicted molar refractivity (Wildman–Crippen MR) is 87.4 cm³/mol. The number of hydrogen-bond acceptors (Lipinski definition) is 7. The maximum atomic E-state index is 12.2. The summed E-state index contributed by atoms with van der Waals surface area (Å²) in [6.45, 7) is 1.27. The number of nitro groups is 1. The molecular weight excluding hydrogens is 360 g/mol. The molecule has 1 fully saturated rings. The van der Waals surface area contributed by atoms with Crippen LogP contribution in [0.25, 0.3) is 6.08 Å². The van der Waals surface area contributed by atoms with Crippen LogP contribution >= 0.6 is 23.4 Å². The van der Waals surface area contributed by atoms with E-state index in [0.29, 0.717) is 17.3 Å². The summed E-state index contributed by atoms with van der Waals surface area (Å²) in [5.74, 6) is -1.35. The summed E-state index contributed by atoms with van der Waals surface area (Å²) in [5, 5.41) is 10.2. The zero-order chi connectivity index (χ0) is 17.9. The van der Waals surface area contributed by atoms with Crippen LogP contribution in [-0.2, 0) is 14.3 Å². The van der Waals surface area contributed by atoms with Crippen LogP contribution in [0.15, 0.2) is 23.1 Å². The second-order valence-corrected chi connectivity index (χ2v) is 5.94. The van der Waals surface area contributed by atoms with Gasteiger partial charge in [-0.2, -0.15) is 0 Å². The number of carbonyl (C=O) groups is 3. The number of esters is 1. The van der Waals surface area contributed by atoms with Crippen LogP contribution in [0.1, 0.15) is 12.5 Å². The van der Waals surface area contributed by atoms with Crippen LogP contribution in [0.2, 0.25) is 5.02 Å². The molecule has 0 N–H and O–H groups in total. The molecule has 1 aliphatic rings. The Morgan fingerprint density at radius 1 is 1.46 bits per heavy atom. The van der Waals surface area contributed by atoms with E-state index in [-0.39, 0.29) is 22.2 Å². The molecule has 1 heterocycles. The molecule has 1 aromatic carbocycles. The molecule has 0 aliphatic carbocycles. The molecule has 0 aromatic heterocycles. The number of nitrogens with zero attached hydrogens (tertiary/aromatic N) is 2. The van der Waals surface area contributed by atoms with Crippen molar-refractivity contribution in [3.63, 3.8) is 0 Å². The molecule has 24 heavy (non-hydrogen) atoms. The van der Waals surface area contributed by atoms with Crippen LogP contribution in [0.4, 0.5) is 10.5 Å². The molecule has 0 atom stereocenters. The van der Waals surface area contributed by atoms with Crippen molar-refractivity contribution < 1.29 is 24.0 Å². The average molecular weight is 371 g/mol. The van der Waals surface area contributed by atoms with Gasteiger partial charge in [0, 0.05) is 6.07 Å². The molecule has 1 aromatic rings. The molecule has 2 amide bonds. The highest BCUT2D eigenvalue weighted by molar-refractivity contribution is 8.18. The minimum atomic E-state index is -0.691. The van der Waals surface area contributed by atoms with Gasteiger partial charge in [0.15, 0.2) is 0 Å². The number of nitro benzene ring substituents is 1. The smallest absolute Gasteiger partial charge is 0.326 e. The number of carbonyl (C=O) groups excluding carboxylic acids is 3. The minimum Gasteiger partial charge on any atom is -0.465 e. The zero-order valence-corrected chi connectivity index (χ0v) is 13.9. The number of ether oxygens (including phenoxy) is 1. The maximum absolute atomic E-state index is 12.2. The topological polar surface area (TPSA) is 107 Å². The number of benzene rings is 1. The lowest BCUT2D eigenvalue weighted by molar-refractivity contribution is -0.384. The van der Waals surface area contributed by atoms with Gasteiger partial charge in [0.2, 0.25) is 0 Å². The van der Waals surface area contributed by atoms with Crippen LogP contribution in [0, 0.1) is 10.1 Å². The Morgan fingerprint density at radius 3 is 2.79 bits per heavy atom. The van der Waals surface area contributed by atoms with E-state index < -0.39 is 28.6 Å². The van der Waals surface area contributed by atoms with E-state index in [1.54, 1.807) is 6.92 Å². The average Bonchev–Trinajstić information content (AvgIpc) is 2.77. The highest BCUT2D eigenvalue weighted by Crippen LogP contribution is 2.33. The Balaban J connectivity index is 2.24. The van der Waals surface area contributed by atoms with Crippen molar-refractivity contribution in [1.82, 2.24) is 4.90 Å². The summed E-state index contributed by atoms with van der Waals surface area (Å²) in [5.41, 5.74) is 0.0314. The SMILES string of the molecule is CCOC(=O)CN1C(=O)S/C(=C\c2ccc(Cl)c([N+](=O)[O-])c2)C1=O. The van der Waals surface area contributed by atoms with E-state index in [1.807, 2.05) is 0 Å². The standard InChI is InChI=1S/C14H11ClN2O6S/c1-2-23-12(18)7-16-13(19)11(24-14(16)20)6-8-3-4-9(15)10(5-8)17(21)22/h3-6H,2,7H2,1H3/b11-6-. The fourth-order valence-electron chi connectivity index (χ4n) is 1.88. The number of imide groups is 1. The van der Waals surface area contributed by atoms with Gasteiger partial charge < -0.3 is 4.74 Å². The van der Waals surface area contributed by atoms with Crippen molar-refractivity contribution in [1.29, 1.82) is 0 Å². The third-order valence-electron chi connectivity index (χ3n) is 2.93. The first-order valence-corrected chi connectivity index (χ1v) is 7.88. The number of amides is 2. The second-order valence-electron chi connectivity index (χ2n) is 4.54.